The van der Waals surface area contributed by atoms with Crippen LogP contribution in [-0.2, 0) is 14.9 Å². The maximum Gasteiger partial charge on any atom is 0.337 e. The van der Waals surface area contributed by atoms with Crippen molar-refractivity contribution in [3.63, 3.8) is 0 Å². The molecule has 0 saturated heterocycles. The van der Waals surface area contributed by atoms with Gasteiger partial charge in [-0.2, -0.15) is 0 Å². The molecular weight excluding hydrogens is 490 g/mol. The lowest BCUT2D eigenvalue weighted by atomic mass is 9.87. The number of rotatable bonds is 9. The van der Waals surface area contributed by atoms with Crippen LogP contribution in [0.25, 0.3) is 0 Å². The standard InChI is InChI=1S/C32H37N3O4/c1-7-13-23(30(36)38-6)22-29(35(5)26-14-9-8-10-15-26)39-28-17-12-11-16-27(28)34-31(37)33-25-20-18-24(19-21-25)32(2,3)4/h8-22H,7H2,1-6H3,(H2,33,34,37)/b23-13-,29-22+. The van der Waals surface area contributed by atoms with Gasteiger partial charge < -0.3 is 25.0 Å². The zero-order chi connectivity index (χ0) is 28.4. The summed E-state index contributed by atoms with van der Waals surface area (Å²) in [6.45, 7) is 8.36. The van der Waals surface area contributed by atoms with E-state index in [1.807, 2.05) is 85.6 Å². The number of para-hydroxylation sites is 3. The zero-order valence-electron chi connectivity index (χ0n) is 23.4. The van der Waals surface area contributed by atoms with Crippen LogP contribution in [0.3, 0.4) is 0 Å². The molecule has 0 aliphatic heterocycles. The third-order valence-electron chi connectivity index (χ3n) is 5.96. The third kappa shape index (κ3) is 8.23. The summed E-state index contributed by atoms with van der Waals surface area (Å²) in [5, 5.41) is 5.74. The molecule has 0 atom stereocenters. The molecule has 0 aliphatic carbocycles. The lowest BCUT2D eigenvalue weighted by Gasteiger charge is -2.24. The van der Waals surface area contributed by atoms with Crippen LogP contribution in [0.15, 0.2) is 102 Å². The van der Waals surface area contributed by atoms with Crippen LogP contribution in [0.2, 0.25) is 0 Å². The van der Waals surface area contributed by atoms with Gasteiger partial charge in [-0.05, 0) is 53.8 Å². The highest BCUT2D eigenvalue weighted by molar-refractivity contribution is 6.00. The number of methoxy groups -OCH3 is 1. The summed E-state index contributed by atoms with van der Waals surface area (Å²) >= 11 is 0. The fourth-order valence-electron chi connectivity index (χ4n) is 3.76. The fourth-order valence-corrected chi connectivity index (χ4v) is 3.76. The number of ether oxygens (including phenoxy) is 2. The number of hydrogen-bond acceptors (Lipinski definition) is 5. The van der Waals surface area contributed by atoms with Gasteiger partial charge in [0.2, 0.25) is 5.88 Å². The minimum absolute atomic E-state index is 0.0231. The minimum atomic E-state index is -0.470. The second-order valence-electron chi connectivity index (χ2n) is 9.94. The van der Waals surface area contributed by atoms with Crippen molar-refractivity contribution in [3.8, 4) is 5.75 Å². The van der Waals surface area contributed by atoms with Crippen molar-refractivity contribution in [2.24, 2.45) is 0 Å². The van der Waals surface area contributed by atoms with E-state index in [9.17, 15) is 9.59 Å². The molecular formula is C32H37N3O4. The van der Waals surface area contributed by atoms with Crippen molar-refractivity contribution in [3.05, 3.63) is 108 Å². The highest BCUT2D eigenvalue weighted by atomic mass is 16.5. The summed E-state index contributed by atoms with van der Waals surface area (Å²) in [5.41, 5.74) is 3.56. The summed E-state index contributed by atoms with van der Waals surface area (Å²) in [7, 11) is 3.18. The van der Waals surface area contributed by atoms with E-state index < -0.39 is 12.0 Å². The Morgan fingerprint density at radius 2 is 1.54 bits per heavy atom. The Balaban J connectivity index is 1.88. The molecule has 0 saturated carbocycles. The number of nitrogens with zero attached hydrogens (tertiary/aromatic N) is 1. The van der Waals surface area contributed by atoms with Crippen molar-refractivity contribution in [2.45, 2.75) is 39.5 Å². The van der Waals surface area contributed by atoms with Crippen molar-refractivity contribution in [1.29, 1.82) is 0 Å². The van der Waals surface area contributed by atoms with Gasteiger partial charge in [-0.1, -0.05) is 76.2 Å². The van der Waals surface area contributed by atoms with Gasteiger partial charge in [0.1, 0.15) is 0 Å². The van der Waals surface area contributed by atoms with Crippen LogP contribution < -0.4 is 20.3 Å². The number of urea groups is 1. The summed E-state index contributed by atoms with van der Waals surface area (Å²) in [6, 6.07) is 24.1. The quantitative estimate of drug-likeness (QED) is 0.130. The fraction of sp³-hybridized carbons (Fsp3) is 0.250. The molecule has 0 radical (unpaired) electrons. The smallest absolute Gasteiger partial charge is 0.337 e. The largest absolute Gasteiger partial charge is 0.465 e. The first kappa shape index (κ1) is 29.0. The second kappa shape index (κ2) is 13.3. The van der Waals surface area contributed by atoms with E-state index in [0.29, 0.717) is 35.0 Å². The van der Waals surface area contributed by atoms with Crippen LogP contribution in [-0.4, -0.2) is 26.2 Å². The Morgan fingerprint density at radius 1 is 0.897 bits per heavy atom. The molecule has 204 valence electrons. The predicted molar refractivity (Wildman–Crippen MR) is 158 cm³/mol. The molecule has 7 nitrogen and oxygen atoms in total. The summed E-state index contributed by atoms with van der Waals surface area (Å²) in [5.74, 6) is 0.312. The molecule has 3 rings (SSSR count). The molecule has 2 N–H and O–H groups in total. The van der Waals surface area contributed by atoms with Gasteiger partial charge in [0.05, 0.1) is 18.4 Å². The molecule has 0 bridgehead atoms. The Bertz CT molecular complexity index is 1320. The second-order valence-corrected chi connectivity index (χ2v) is 9.94. The summed E-state index contributed by atoms with van der Waals surface area (Å²) in [4.78, 5) is 27.1. The summed E-state index contributed by atoms with van der Waals surface area (Å²) in [6.07, 6.45) is 4.05. The van der Waals surface area contributed by atoms with E-state index in [4.69, 9.17) is 9.47 Å². The predicted octanol–water partition coefficient (Wildman–Crippen LogP) is 7.49. The van der Waals surface area contributed by atoms with Gasteiger partial charge in [-0.25, -0.2) is 9.59 Å². The lowest BCUT2D eigenvalue weighted by Crippen LogP contribution is -2.23. The Labute approximate surface area is 231 Å². The van der Waals surface area contributed by atoms with Crippen LogP contribution in [0.1, 0.15) is 39.7 Å². The molecule has 0 unspecified atom stereocenters. The van der Waals surface area contributed by atoms with E-state index >= 15 is 0 Å². The van der Waals surface area contributed by atoms with Crippen molar-refractivity contribution >= 4 is 29.1 Å². The van der Waals surface area contributed by atoms with E-state index in [0.717, 1.165) is 5.69 Å². The number of carbonyl (C=O) groups excluding carboxylic acids is 2. The van der Waals surface area contributed by atoms with Crippen molar-refractivity contribution in [2.75, 3.05) is 29.7 Å². The molecule has 3 aromatic carbocycles. The maximum absolute atomic E-state index is 12.9. The average Bonchev–Trinajstić information content (AvgIpc) is 2.92. The lowest BCUT2D eigenvalue weighted by molar-refractivity contribution is -0.135. The highest BCUT2D eigenvalue weighted by Gasteiger charge is 2.17. The Kier molecular flexibility index (Phi) is 9.92. The van der Waals surface area contributed by atoms with Gasteiger partial charge in [-0.15, -0.1) is 0 Å². The van der Waals surface area contributed by atoms with Gasteiger partial charge >= 0.3 is 12.0 Å². The topological polar surface area (TPSA) is 79.9 Å². The zero-order valence-corrected chi connectivity index (χ0v) is 23.4. The van der Waals surface area contributed by atoms with Crippen LogP contribution in [0.4, 0.5) is 21.9 Å². The molecule has 7 heteroatoms. The van der Waals surface area contributed by atoms with E-state index in [1.54, 1.807) is 24.3 Å². The number of nitrogens with one attached hydrogen (secondary N) is 2. The maximum atomic E-state index is 12.9. The molecule has 3 aromatic rings. The number of carbonyl (C=O) groups is 2. The number of allylic oxidation sites excluding steroid dienone is 1. The number of esters is 1. The number of anilines is 3. The molecule has 2 amide bonds. The van der Waals surface area contributed by atoms with E-state index in [2.05, 4.69) is 31.4 Å². The highest BCUT2D eigenvalue weighted by Crippen LogP contribution is 2.29. The summed E-state index contributed by atoms with van der Waals surface area (Å²) < 4.78 is 11.3. The third-order valence-corrected chi connectivity index (χ3v) is 5.96. The molecule has 0 aromatic heterocycles. The number of amides is 2. The first-order valence-electron chi connectivity index (χ1n) is 12.9. The molecule has 39 heavy (non-hydrogen) atoms. The Morgan fingerprint density at radius 3 is 2.15 bits per heavy atom. The van der Waals surface area contributed by atoms with E-state index in [1.165, 1.54) is 12.7 Å². The van der Waals surface area contributed by atoms with Gasteiger partial charge in [0.25, 0.3) is 0 Å². The Hall–Kier alpha value is -4.52. The molecule has 0 fully saturated rings. The SMILES string of the molecule is CC/C=C(/C=C(/Oc1ccccc1NC(=O)Nc1ccc(C(C)(C)C)cc1)N(C)c1ccccc1)C(=O)OC. The van der Waals surface area contributed by atoms with E-state index in [-0.39, 0.29) is 5.41 Å². The monoisotopic (exact) mass is 527 g/mol. The average molecular weight is 528 g/mol. The molecule has 0 aliphatic rings. The van der Waals surface area contributed by atoms with Gasteiger partial charge in [0, 0.05) is 24.5 Å². The van der Waals surface area contributed by atoms with Gasteiger partial charge in [0.15, 0.2) is 5.75 Å². The van der Waals surface area contributed by atoms with Crippen LogP contribution in [0.5, 0.6) is 5.75 Å². The van der Waals surface area contributed by atoms with Crippen LogP contribution >= 0.6 is 0 Å². The first-order chi connectivity index (χ1) is 18.6. The normalized spacial score (nSPS) is 11.9. The molecule has 0 heterocycles. The van der Waals surface area contributed by atoms with Gasteiger partial charge in [-0.3, -0.25) is 0 Å². The number of hydrogen-bond donors (Lipinski definition) is 2. The number of benzene rings is 3. The van der Waals surface area contributed by atoms with Crippen molar-refractivity contribution in [1.82, 2.24) is 0 Å². The first-order valence-corrected chi connectivity index (χ1v) is 12.9. The molecule has 0 spiro atoms. The van der Waals surface area contributed by atoms with Crippen LogP contribution in [0, 0.1) is 0 Å². The van der Waals surface area contributed by atoms with Crippen molar-refractivity contribution < 1.29 is 19.1 Å². The minimum Gasteiger partial charge on any atom is -0.465 e.